The van der Waals surface area contributed by atoms with Crippen LogP contribution in [0.2, 0.25) is 0 Å². The van der Waals surface area contributed by atoms with Gasteiger partial charge in [0.25, 0.3) is 0 Å². The Morgan fingerprint density at radius 2 is 2.00 bits per heavy atom. The highest BCUT2D eigenvalue weighted by atomic mass is 16.2. The monoisotopic (exact) mass is 170 g/mol. The minimum absolute atomic E-state index is 0.0897. The Morgan fingerprint density at radius 3 is 2.58 bits per heavy atom. The largest absolute Gasteiger partial charge is 0.342 e. The van der Waals surface area contributed by atoms with Crippen LogP contribution in [0.1, 0.15) is 26.7 Å². The zero-order chi connectivity index (χ0) is 9.30. The number of carbonyl (C=O) groups excluding carboxylic acids is 1. The lowest BCUT2D eigenvalue weighted by Gasteiger charge is -2.23. The van der Waals surface area contributed by atoms with Crippen molar-refractivity contribution in [2.24, 2.45) is 11.7 Å². The topological polar surface area (TPSA) is 46.3 Å². The van der Waals surface area contributed by atoms with Gasteiger partial charge in [0.2, 0.25) is 5.91 Å². The fourth-order valence-electron chi connectivity index (χ4n) is 1.85. The minimum atomic E-state index is -0.282. The predicted molar refractivity (Wildman–Crippen MR) is 48.6 cm³/mol. The van der Waals surface area contributed by atoms with Crippen LogP contribution in [0.3, 0.4) is 0 Å². The van der Waals surface area contributed by atoms with E-state index in [9.17, 15) is 4.79 Å². The number of likely N-dealkylation sites (tertiary alicyclic amines) is 1. The van der Waals surface area contributed by atoms with E-state index in [-0.39, 0.29) is 11.9 Å². The maximum atomic E-state index is 11.5. The molecule has 1 saturated heterocycles. The summed E-state index contributed by atoms with van der Waals surface area (Å²) < 4.78 is 0. The standard InChI is InChI=1S/C9H18N2O/c1-6-4-7(2)11(3)9(12)8(10)5-6/h6-8H,4-5,10H2,1-3H3. The van der Waals surface area contributed by atoms with Crippen LogP contribution in [-0.2, 0) is 4.79 Å². The Morgan fingerprint density at radius 1 is 1.42 bits per heavy atom. The van der Waals surface area contributed by atoms with E-state index in [1.165, 1.54) is 0 Å². The van der Waals surface area contributed by atoms with E-state index in [1.54, 1.807) is 4.90 Å². The van der Waals surface area contributed by atoms with Gasteiger partial charge in [0, 0.05) is 13.1 Å². The number of hydrogen-bond acceptors (Lipinski definition) is 2. The lowest BCUT2D eigenvalue weighted by Crippen LogP contribution is -2.43. The number of amides is 1. The zero-order valence-electron chi connectivity index (χ0n) is 8.08. The summed E-state index contributed by atoms with van der Waals surface area (Å²) in [6, 6.07) is 0.0519. The van der Waals surface area contributed by atoms with Gasteiger partial charge in [-0.1, -0.05) is 6.92 Å². The van der Waals surface area contributed by atoms with Gasteiger partial charge in [-0.2, -0.15) is 0 Å². The highest BCUT2D eigenvalue weighted by Crippen LogP contribution is 2.20. The molecule has 1 aliphatic rings. The summed E-state index contributed by atoms with van der Waals surface area (Å²) in [5.41, 5.74) is 5.73. The third-order valence-electron chi connectivity index (χ3n) is 2.73. The van der Waals surface area contributed by atoms with Gasteiger partial charge in [-0.3, -0.25) is 4.79 Å². The van der Waals surface area contributed by atoms with Crippen molar-refractivity contribution in [3.05, 3.63) is 0 Å². The van der Waals surface area contributed by atoms with Gasteiger partial charge < -0.3 is 10.6 Å². The van der Waals surface area contributed by atoms with Crippen molar-refractivity contribution in [3.63, 3.8) is 0 Å². The van der Waals surface area contributed by atoms with Crippen molar-refractivity contribution in [1.82, 2.24) is 4.90 Å². The number of rotatable bonds is 0. The molecule has 3 unspecified atom stereocenters. The molecule has 0 saturated carbocycles. The van der Waals surface area contributed by atoms with Gasteiger partial charge in [0.05, 0.1) is 6.04 Å². The van der Waals surface area contributed by atoms with E-state index in [2.05, 4.69) is 13.8 Å². The first-order chi connectivity index (χ1) is 5.52. The molecular weight excluding hydrogens is 152 g/mol. The molecular formula is C9H18N2O. The van der Waals surface area contributed by atoms with E-state index in [4.69, 9.17) is 5.73 Å². The quantitative estimate of drug-likeness (QED) is 0.578. The van der Waals surface area contributed by atoms with Crippen LogP contribution in [0.25, 0.3) is 0 Å². The molecule has 12 heavy (non-hydrogen) atoms. The zero-order valence-corrected chi connectivity index (χ0v) is 8.08. The Bertz CT molecular complexity index is 181. The van der Waals surface area contributed by atoms with Crippen molar-refractivity contribution >= 4 is 5.91 Å². The Labute approximate surface area is 73.9 Å². The number of nitrogens with two attached hydrogens (primary N) is 1. The highest BCUT2D eigenvalue weighted by molar-refractivity contribution is 5.81. The Hall–Kier alpha value is -0.570. The number of nitrogens with zero attached hydrogens (tertiary/aromatic N) is 1. The molecule has 0 aromatic carbocycles. The lowest BCUT2D eigenvalue weighted by atomic mass is 9.98. The minimum Gasteiger partial charge on any atom is -0.342 e. The van der Waals surface area contributed by atoms with Crippen molar-refractivity contribution in [2.75, 3.05) is 7.05 Å². The second kappa shape index (κ2) is 3.44. The van der Waals surface area contributed by atoms with Gasteiger partial charge in [-0.15, -0.1) is 0 Å². The Kier molecular flexibility index (Phi) is 2.73. The van der Waals surface area contributed by atoms with Gasteiger partial charge in [0.15, 0.2) is 0 Å². The molecule has 1 heterocycles. The van der Waals surface area contributed by atoms with Crippen LogP contribution >= 0.6 is 0 Å². The van der Waals surface area contributed by atoms with E-state index in [0.717, 1.165) is 12.8 Å². The molecule has 1 rings (SSSR count). The molecule has 0 aromatic heterocycles. The molecule has 2 N–H and O–H groups in total. The van der Waals surface area contributed by atoms with Gasteiger partial charge in [-0.25, -0.2) is 0 Å². The van der Waals surface area contributed by atoms with Crippen LogP contribution in [0.15, 0.2) is 0 Å². The van der Waals surface area contributed by atoms with Crippen molar-refractivity contribution in [3.8, 4) is 0 Å². The number of hydrogen-bond donors (Lipinski definition) is 1. The summed E-state index contributed by atoms with van der Waals surface area (Å²) in [7, 11) is 1.84. The summed E-state index contributed by atoms with van der Waals surface area (Å²) in [4.78, 5) is 13.3. The number of carbonyl (C=O) groups is 1. The first-order valence-corrected chi connectivity index (χ1v) is 4.54. The molecule has 0 aliphatic carbocycles. The fourth-order valence-corrected chi connectivity index (χ4v) is 1.85. The molecule has 1 aliphatic heterocycles. The van der Waals surface area contributed by atoms with Crippen LogP contribution in [-0.4, -0.2) is 29.9 Å². The Balaban J connectivity index is 2.73. The van der Waals surface area contributed by atoms with Gasteiger partial charge in [0.1, 0.15) is 0 Å². The number of likely N-dealkylation sites (N-methyl/N-ethyl adjacent to an activating group) is 1. The summed E-state index contributed by atoms with van der Waals surface area (Å²) in [6.45, 7) is 4.23. The fraction of sp³-hybridized carbons (Fsp3) is 0.889. The second-order valence-corrected chi connectivity index (χ2v) is 3.98. The molecule has 0 bridgehead atoms. The van der Waals surface area contributed by atoms with Crippen molar-refractivity contribution in [2.45, 2.75) is 38.8 Å². The molecule has 1 amide bonds. The third-order valence-corrected chi connectivity index (χ3v) is 2.73. The lowest BCUT2D eigenvalue weighted by molar-refractivity contribution is -0.132. The SMILES string of the molecule is CC1CC(N)C(=O)N(C)C(C)C1. The predicted octanol–water partition coefficient (Wildman–Crippen LogP) is 0.590. The highest BCUT2D eigenvalue weighted by Gasteiger charge is 2.28. The maximum Gasteiger partial charge on any atom is 0.239 e. The average molecular weight is 170 g/mol. The summed E-state index contributed by atoms with van der Waals surface area (Å²) in [6.07, 6.45) is 1.89. The molecule has 0 aromatic rings. The molecule has 0 spiro atoms. The van der Waals surface area contributed by atoms with Crippen LogP contribution < -0.4 is 5.73 Å². The van der Waals surface area contributed by atoms with E-state index in [0.29, 0.717) is 12.0 Å². The molecule has 70 valence electrons. The maximum absolute atomic E-state index is 11.5. The van der Waals surface area contributed by atoms with Crippen LogP contribution in [0, 0.1) is 5.92 Å². The van der Waals surface area contributed by atoms with Crippen LogP contribution in [0.4, 0.5) is 0 Å². The van der Waals surface area contributed by atoms with Gasteiger partial charge in [-0.05, 0) is 25.7 Å². The molecule has 1 fully saturated rings. The molecule has 3 atom stereocenters. The first kappa shape index (κ1) is 9.52. The molecule has 3 heteroatoms. The van der Waals surface area contributed by atoms with Crippen molar-refractivity contribution < 1.29 is 4.79 Å². The third kappa shape index (κ3) is 1.78. The van der Waals surface area contributed by atoms with E-state index >= 15 is 0 Å². The van der Waals surface area contributed by atoms with E-state index < -0.39 is 0 Å². The smallest absolute Gasteiger partial charge is 0.239 e. The summed E-state index contributed by atoms with van der Waals surface area (Å²) in [5.74, 6) is 0.649. The second-order valence-electron chi connectivity index (χ2n) is 3.98. The molecule has 3 nitrogen and oxygen atoms in total. The van der Waals surface area contributed by atoms with E-state index in [1.807, 2.05) is 7.05 Å². The normalized spacial score (nSPS) is 38.2. The first-order valence-electron chi connectivity index (χ1n) is 4.54. The average Bonchev–Trinajstić information content (AvgIpc) is 2.05. The van der Waals surface area contributed by atoms with Crippen LogP contribution in [0.5, 0.6) is 0 Å². The summed E-state index contributed by atoms with van der Waals surface area (Å²) in [5, 5.41) is 0. The van der Waals surface area contributed by atoms with Gasteiger partial charge >= 0.3 is 0 Å². The summed E-state index contributed by atoms with van der Waals surface area (Å²) >= 11 is 0. The van der Waals surface area contributed by atoms with Crippen molar-refractivity contribution in [1.29, 1.82) is 0 Å². The molecule has 0 radical (unpaired) electrons.